The molecule has 6 rings (SSSR count). The van der Waals surface area contributed by atoms with Crippen LogP contribution in [0.1, 0.15) is 28.3 Å². The molecule has 0 spiro atoms. The Kier molecular flexibility index (Phi) is 7.87. The van der Waals surface area contributed by atoms with Crippen molar-refractivity contribution in [3.8, 4) is 22.8 Å². The Hall–Kier alpha value is -5.05. The maximum absolute atomic E-state index is 13.0. The van der Waals surface area contributed by atoms with Crippen LogP contribution < -0.4 is 14.4 Å². The minimum Gasteiger partial charge on any atom is -0.435 e. The zero-order valence-electron chi connectivity index (χ0n) is 23.4. The number of hydrogen-bond acceptors (Lipinski definition) is 11. The molecular formula is C28H28F2N10O3. The van der Waals surface area contributed by atoms with Gasteiger partial charge in [-0.05, 0) is 31.5 Å². The molecule has 1 aromatic carbocycles. The highest BCUT2D eigenvalue weighted by molar-refractivity contribution is 5.74. The number of ether oxygens (including phenoxy) is 2. The first-order chi connectivity index (χ1) is 20.9. The van der Waals surface area contributed by atoms with Crippen LogP contribution in [0.4, 0.5) is 14.7 Å². The highest BCUT2D eigenvalue weighted by Gasteiger charge is 2.23. The third kappa shape index (κ3) is 5.97. The molecule has 5 heterocycles. The quantitative estimate of drug-likeness (QED) is 0.240. The highest BCUT2D eigenvalue weighted by atomic mass is 19.3. The predicted octanol–water partition coefficient (Wildman–Crippen LogP) is 2.97. The van der Waals surface area contributed by atoms with Crippen LogP contribution >= 0.6 is 0 Å². The number of rotatable bonds is 10. The van der Waals surface area contributed by atoms with Gasteiger partial charge in [0.1, 0.15) is 11.4 Å². The smallest absolute Gasteiger partial charge is 0.387 e. The Morgan fingerprint density at radius 3 is 2.65 bits per heavy atom. The van der Waals surface area contributed by atoms with Crippen molar-refractivity contribution in [2.45, 2.75) is 33.4 Å². The molecule has 0 radical (unpaired) electrons. The van der Waals surface area contributed by atoms with Crippen molar-refractivity contribution in [3.63, 3.8) is 0 Å². The van der Waals surface area contributed by atoms with Gasteiger partial charge in [0.2, 0.25) is 11.8 Å². The zero-order chi connectivity index (χ0) is 29.9. The van der Waals surface area contributed by atoms with E-state index < -0.39 is 6.61 Å². The first-order valence-corrected chi connectivity index (χ1v) is 13.6. The SMILES string of the molecule is Cc1cc2nc(C)c(Cc3ccccc3OC(F)F)n2cc1-c1cnc(N2CCN(Cc3nn[nH]n3)CC2)nc1OC=O. The fourth-order valence-electron chi connectivity index (χ4n) is 5.27. The van der Waals surface area contributed by atoms with Crippen LogP contribution in [0.5, 0.6) is 11.6 Å². The lowest BCUT2D eigenvalue weighted by Crippen LogP contribution is -2.46. The van der Waals surface area contributed by atoms with Crippen LogP contribution in [-0.4, -0.2) is 84.1 Å². The number of halogens is 2. The number of imidazole rings is 1. The second-order valence-electron chi connectivity index (χ2n) is 10.1. The van der Waals surface area contributed by atoms with E-state index in [4.69, 9.17) is 14.5 Å². The van der Waals surface area contributed by atoms with Crippen LogP contribution in [0.15, 0.2) is 42.7 Å². The summed E-state index contributed by atoms with van der Waals surface area (Å²) in [5, 5.41) is 14.1. The lowest BCUT2D eigenvalue weighted by Gasteiger charge is -2.34. The van der Waals surface area contributed by atoms with Crippen molar-refractivity contribution in [1.29, 1.82) is 0 Å². The van der Waals surface area contributed by atoms with Gasteiger partial charge in [-0.2, -0.15) is 19.0 Å². The summed E-state index contributed by atoms with van der Waals surface area (Å²) >= 11 is 0. The third-order valence-electron chi connectivity index (χ3n) is 7.41. The number of carbonyl (C=O) groups is 1. The van der Waals surface area contributed by atoms with E-state index in [1.54, 1.807) is 24.4 Å². The lowest BCUT2D eigenvalue weighted by atomic mass is 10.0. The number of aromatic amines is 1. The van der Waals surface area contributed by atoms with Gasteiger partial charge in [-0.1, -0.05) is 23.4 Å². The van der Waals surface area contributed by atoms with Crippen molar-refractivity contribution in [2.75, 3.05) is 31.1 Å². The Labute approximate surface area is 244 Å². The maximum atomic E-state index is 13.0. The number of aryl methyl sites for hydroxylation is 2. The fourth-order valence-corrected chi connectivity index (χ4v) is 5.27. The van der Waals surface area contributed by atoms with Crippen molar-refractivity contribution < 1.29 is 23.0 Å². The Balaban J connectivity index is 1.29. The molecule has 0 amide bonds. The molecule has 4 aromatic heterocycles. The maximum Gasteiger partial charge on any atom is 0.387 e. The summed E-state index contributed by atoms with van der Waals surface area (Å²) in [7, 11) is 0. The number of benzene rings is 1. The summed E-state index contributed by atoms with van der Waals surface area (Å²) in [4.78, 5) is 29.7. The highest BCUT2D eigenvalue weighted by Crippen LogP contribution is 2.34. The van der Waals surface area contributed by atoms with Gasteiger partial charge in [0, 0.05) is 61.8 Å². The van der Waals surface area contributed by atoms with Crippen LogP contribution in [0.2, 0.25) is 0 Å². The second kappa shape index (κ2) is 12.1. The van der Waals surface area contributed by atoms with Gasteiger partial charge in [0.15, 0.2) is 5.82 Å². The van der Waals surface area contributed by atoms with Crippen LogP contribution in [0.3, 0.4) is 0 Å². The molecule has 0 unspecified atom stereocenters. The normalized spacial score (nSPS) is 14.0. The van der Waals surface area contributed by atoms with E-state index in [0.717, 1.165) is 35.6 Å². The summed E-state index contributed by atoms with van der Waals surface area (Å²) in [6.45, 7) is 4.61. The second-order valence-corrected chi connectivity index (χ2v) is 10.1. The predicted molar refractivity (Wildman–Crippen MR) is 150 cm³/mol. The Morgan fingerprint density at radius 2 is 1.91 bits per heavy atom. The van der Waals surface area contributed by atoms with Crippen molar-refractivity contribution in [3.05, 3.63) is 71.1 Å². The fraction of sp³-hybridized carbons (Fsp3) is 0.321. The molecule has 1 saturated heterocycles. The average molecular weight is 591 g/mol. The average Bonchev–Trinajstić information content (AvgIpc) is 3.61. The number of para-hydroxylation sites is 1. The summed E-state index contributed by atoms with van der Waals surface area (Å²) in [6.07, 6.45) is 3.84. The molecule has 1 aliphatic rings. The lowest BCUT2D eigenvalue weighted by molar-refractivity contribution is -0.120. The van der Waals surface area contributed by atoms with E-state index in [2.05, 4.69) is 35.5 Å². The number of fused-ring (bicyclic) bond motifs is 1. The van der Waals surface area contributed by atoms with Crippen molar-refractivity contribution in [1.82, 2.24) is 44.9 Å². The van der Waals surface area contributed by atoms with Crippen LogP contribution in [-0.2, 0) is 17.8 Å². The number of hydrogen-bond donors (Lipinski definition) is 1. The van der Waals surface area contributed by atoms with Gasteiger partial charge in [-0.25, -0.2) is 9.97 Å². The summed E-state index contributed by atoms with van der Waals surface area (Å²) < 4.78 is 38.1. The number of nitrogens with zero attached hydrogens (tertiary/aromatic N) is 9. The first kappa shape index (κ1) is 28.1. The number of tetrazole rings is 1. The summed E-state index contributed by atoms with van der Waals surface area (Å²) in [6, 6.07) is 8.61. The number of nitrogens with one attached hydrogen (secondary N) is 1. The monoisotopic (exact) mass is 590 g/mol. The van der Waals surface area contributed by atoms with Gasteiger partial charge in [-0.15, -0.1) is 10.2 Å². The number of anilines is 1. The minimum absolute atomic E-state index is 0.112. The van der Waals surface area contributed by atoms with Crippen molar-refractivity contribution >= 4 is 18.1 Å². The van der Waals surface area contributed by atoms with Gasteiger partial charge < -0.3 is 18.8 Å². The van der Waals surface area contributed by atoms with E-state index in [-0.39, 0.29) is 11.6 Å². The number of aromatic nitrogens is 8. The van der Waals surface area contributed by atoms with Gasteiger partial charge >= 0.3 is 6.61 Å². The molecule has 0 aliphatic carbocycles. The molecule has 43 heavy (non-hydrogen) atoms. The number of piperazine rings is 1. The van der Waals surface area contributed by atoms with Crippen LogP contribution in [0.25, 0.3) is 16.8 Å². The molecule has 0 bridgehead atoms. The number of H-pyrrole nitrogens is 1. The molecule has 1 fully saturated rings. The number of carbonyl (C=O) groups excluding carboxylic acids is 1. The Morgan fingerprint density at radius 1 is 1.09 bits per heavy atom. The molecule has 5 aromatic rings. The summed E-state index contributed by atoms with van der Waals surface area (Å²) in [5.74, 6) is 1.32. The van der Waals surface area contributed by atoms with E-state index in [9.17, 15) is 13.6 Å². The molecule has 222 valence electrons. The van der Waals surface area contributed by atoms with E-state index in [1.807, 2.05) is 35.4 Å². The standard InChI is InChI=1S/C28H28F2N10O3/c1-17-11-25-32-18(2)22(12-19-5-3-4-6-23(19)43-27(29)30)40(25)14-21(17)20-13-31-28(33-26(20)42-16-41)39-9-7-38(8-10-39)15-24-34-36-37-35-24/h3-6,11,13-14,16,27H,7-10,12,15H2,1-2H3,(H,34,35,36,37). The molecule has 0 saturated carbocycles. The van der Waals surface area contributed by atoms with Gasteiger partial charge in [-0.3, -0.25) is 9.69 Å². The topological polar surface area (TPSA) is 140 Å². The Bertz CT molecular complexity index is 1740. The minimum atomic E-state index is -2.93. The van der Waals surface area contributed by atoms with Crippen molar-refractivity contribution in [2.24, 2.45) is 0 Å². The van der Waals surface area contributed by atoms with Gasteiger partial charge in [0.05, 0.1) is 17.8 Å². The number of pyridine rings is 1. The zero-order valence-corrected chi connectivity index (χ0v) is 23.4. The summed E-state index contributed by atoms with van der Waals surface area (Å²) in [5.41, 5.74) is 4.97. The molecule has 0 atom stereocenters. The largest absolute Gasteiger partial charge is 0.435 e. The molecular weight excluding hydrogens is 562 g/mol. The van der Waals surface area contributed by atoms with Crippen LogP contribution in [0, 0.1) is 13.8 Å². The molecule has 1 N–H and O–H groups in total. The molecule has 13 nitrogen and oxygen atoms in total. The van der Waals surface area contributed by atoms with E-state index in [1.165, 1.54) is 6.07 Å². The molecule has 15 heteroatoms. The molecule has 1 aliphatic heterocycles. The third-order valence-corrected chi connectivity index (χ3v) is 7.41. The van der Waals surface area contributed by atoms with E-state index in [0.29, 0.717) is 61.1 Å². The first-order valence-electron chi connectivity index (χ1n) is 13.6. The van der Waals surface area contributed by atoms with E-state index >= 15 is 0 Å². The van der Waals surface area contributed by atoms with Gasteiger partial charge in [0.25, 0.3) is 6.47 Å². The number of alkyl halides is 2.